The van der Waals surface area contributed by atoms with Crippen molar-refractivity contribution < 1.29 is 9.53 Å². The molecule has 0 unspecified atom stereocenters. The van der Waals surface area contributed by atoms with Crippen LogP contribution in [0.4, 0.5) is 5.95 Å². The van der Waals surface area contributed by atoms with E-state index in [1.165, 1.54) is 16.9 Å². The average molecular weight is 467 g/mol. The Kier molecular flexibility index (Phi) is 6.35. The fourth-order valence-corrected chi connectivity index (χ4v) is 6.05. The van der Waals surface area contributed by atoms with E-state index in [1.54, 1.807) is 11.3 Å². The summed E-state index contributed by atoms with van der Waals surface area (Å²) in [5.74, 6) is 1.43. The Bertz CT molecular complexity index is 1200. The number of para-hydroxylation sites is 1. The Labute approximate surface area is 197 Å². The van der Waals surface area contributed by atoms with Gasteiger partial charge >= 0.3 is 0 Å². The first-order valence-corrected chi connectivity index (χ1v) is 12.7. The molecule has 2 aromatic heterocycles. The quantitative estimate of drug-likeness (QED) is 0.557. The number of anilines is 1. The van der Waals surface area contributed by atoms with Crippen molar-refractivity contribution in [3.63, 3.8) is 0 Å². The molecular weight excluding hydrogens is 436 g/mol. The lowest BCUT2D eigenvalue weighted by molar-refractivity contribution is -0.133. The third kappa shape index (κ3) is 4.36. The monoisotopic (exact) mass is 466 g/mol. The third-order valence-electron chi connectivity index (χ3n) is 6.52. The van der Waals surface area contributed by atoms with Gasteiger partial charge in [-0.1, -0.05) is 25.1 Å². The number of thiophene rings is 1. The van der Waals surface area contributed by atoms with E-state index < -0.39 is 0 Å². The van der Waals surface area contributed by atoms with Gasteiger partial charge in [0, 0.05) is 37.6 Å². The predicted molar refractivity (Wildman–Crippen MR) is 132 cm³/mol. The second-order valence-electron chi connectivity index (χ2n) is 8.73. The van der Waals surface area contributed by atoms with Crippen LogP contribution >= 0.6 is 11.3 Å². The Morgan fingerprint density at radius 1 is 1.09 bits per heavy atom. The summed E-state index contributed by atoms with van der Waals surface area (Å²) in [4.78, 5) is 37.4. The van der Waals surface area contributed by atoms with Gasteiger partial charge in [0.15, 0.2) is 6.61 Å². The standard InChI is InChI=1S/C25H30N4O3S/c1-2-12-29-24(31)22-19-10-6-7-11-20(19)33-23(22)26-25(29)28-15-13-27(14-16-28)21(30)17-32-18-8-4-3-5-9-18/h3-5,8-9H,2,6-7,10-17H2,1H3. The van der Waals surface area contributed by atoms with Crippen LogP contribution < -0.4 is 15.2 Å². The molecule has 8 heteroatoms. The summed E-state index contributed by atoms with van der Waals surface area (Å²) >= 11 is 1.70. The maximum Gasteiger partial charge on any atom is 0.263 e. The van der Waals surface area contributed by atoms with Crippen LogP contribution in [0.25, 0.3) is 10.2 Å². The normalized spacial score (nSPS) is 16.2. The van der Waals surface area contributed by atoms with Gasteiger partial charge in [0.25, 0.3) is 11.5 Å². The number of ether oxygens (including phenoxy) is 1. The third-order valence-corrected chi connectivity index (χ3v) is 7.71. The van der Waals surface area contributed by atoms with Gasteiger partial charge in [-0.05, 0) is 49.8 Å². The van der Waals surface area contributed by atoms with E-state index in [0.29, 0.717) is 38.5 Å². The lowest BCUT2D eigenvalue weighted by Crippen LogP contribution is -2.51. The van der Waals surface area contributed by atoms with E-state index in [9.17, 15) is 9.59 Å². The molecule has 1 aromatic carbocycles. The summed E-state index contributed by atoms with van der Waals surface area (Å²) in [6.45, 7) is 5.29. The first kappa shape index (κ1) is 21.9. The van der Waals surface area contributed by atoms with Gasteiger partial charge in [-0.2, -0.15) is 0 Å². The highest BCUT2D eigenvalue weighted by molar-refractivity contribution is 7.18. The average Bonchev–Trinajstić information content (AvgIpc) is 3.24. The molecule has 0 bridgehead atoms. The van der Waals surface area contributed by atoms with Crippen LogP contribution in [0.15, 0.2) is 35.1 Å². The number of benzene rings is 1. The molecule has 1 saturated heterocycles. The highest BCUT2D eigenvalue weighted by Crippen LogP contribution is 2.34. The number of rotatable bonds is 6. The van der Waals surface area contributed by atoms with Gasteiger partial charge in [0.05, 0.1) is 5.39 Å². The molecule has 3 heterocycles. The molecule has 174 valence electrons. The van der Waals surface area contributed by atoms with Gasteiger partial charge in [0.2, 0.25) is 5.95 Å². The molecule has 3 aromatic rings. The molecule has 0 spiro atoms. The number of amides is 1. The van der Waals surface area contributed by atoms with E-state index >= 15 is 0 Å². The molecule has 7 nitrogen and oxygen atoms in total. The van der Waals surface area contributed by atoms with Gasteiger partial charge in [-0.3, -0.25) is 14.2 Å². The molecule has 1 aliphatic heterocycles. The second-order valence-corrected chi connectivity index (χ2v) is 9.81. The summed E-state index contributed by atoms with van der Waals surface area (Å²) in [7, 11) is 0. The van der Waals surface area contributed by atoms with E-state index in [4.69, 9.17) is 9.72 Å². The number of carbonyl (C=O) groups is 1. The van der Waals surface area contributed by atoms with E-state index in [-0.39, 0.29) is 18.1 Å². The minimum absolute atomic E-state index is 0.0150. The maximum atomic E-state index is 13.5. The fourth-order valence-electron chi connectivity index (χ4n) is 4.80. The summed E-state index contributed by atoms with van der Waals surface area (Å²) in [6, 6.07) is 9.40. The van der Waals surface area contributed by atoms with Gasteiger partial charge < -0.3 is 14.5 Å². The largest absolute Gasteiger partial charge is 0.484 e. The van der Waals surface area contributed by atoms with Crippen LogP contribution in [-0.2, 0) is 24.2 Å². The molecule has 0 N–H and O–H groups in total. The Balaban J connectivity index is 1.33. The highest BCUT2D eigenvalue weighted by atomic mass is 32.1. The summed E-state index contributed by atoms with van der Waals surface area (Å²) in [6.07, 6.45) is 5.27. The van der Waals surface area contributed by atoms with Crippen molar-refractivity contribution in [1.82, 2.24) is 14.5 Å². The number of aryl methyl sites for hydroxylation is 2. The van der Waals surface area contributed by atoms with E-state index in [1.807, 2.05) is 39.8 Å². The zero-order chi connectivity index (χ0) is 22.8. The van der Waals surface area contributed by atoms with Crippen LogP contribution in [-0.4, -0.2) is 53.1 Å². The van der Waals surface area contributed by atoms with Crippen molar-refractivity contribution in [2.45, 2.75) is 45.6 Å². The number of aromatic nitrogens is 2. The molecule has 5 rings (SSSR count). The molecular formula is C25H30N4O3S. The van der Waals surface area contributed by atoms with Crippen molar-refractivity contribution in [2.24, 2.45) is 0 Å². The first-order chi connectivity index (χ1) is 16.2. The zero-order valence-electron chi connectivity index (χ0n) is 19.1. The van der Waals surface area contributed by atoms with Crippen molar-refractivity contribution in [2.75, 3.05) is 37.7 Å². The lowest BCUT2D eigenvalue weighted by atomic mass is 9.97. The van der Waals surface area contributed by atoms with E-state index in [0.717, 1.165) is 41.8 Å². The Morgan fingerprint density at radius 3 is 2.61 bits per heavy atom. The molecule has 0 saturated carbocycles. The first-order valence-electron chi connectivity index (χ1n) is 11.9. The Morgan fingerprint density at radius 2 is 1.85 bits per heavy atom. The van der Waals surface area contributed by atoms with E-state index in [2.05, 4.69) is 11.8 Å². The van der Waals surface area contributed by atoms with Gasteiger partial charge in [-0.15, -0.1) is 11.3 Å². The van der Waals surface area contributed by atoms with Crippen molar-refractivity contribution in [1.29, 1.82) is 0 Å². The second kappa shape index (κ2) is 9.55. The number of hydrogen-bond donors (Lipinski definition) is 0. The SMILES string of the molecule is CCCn1c(N2CCN(C(=O)COc3ccccc3)CC2)nc2sc3c(c2c1=O)CCCC3. The van der Waals surface area contributed by atoms with Crippen molar-refractivity contribution >= 4 is 33.4 Å². The zero-order valence-corrected chi connectivity index (χ0v) is 19.9. The molecule has 1 amide bonds. The van der Waals surface area contributed by atoms with Gasteiger partial charge in [0.1, 0.15) is 10.6 Å². The molecule has 0 radical (unpaired) electrons. The van der Waals surface area contributed by atoms with Crippen LogP contribution in [0.2, 0.25) is 0 Å². The molecule has 1 fully saturated rings. The van der Waals surface area contributed by atoms with Crippen molar-refractivity contribution in [3.8, 4) is 5.75 Å². The number of piperazine rings is 1. The fraction of sp³-hybridized carbons (Fsp3) is 0.480. The lowest BCUT2D eigenvalue weighted by Gasteiger charge is -2.36. The maximum absolute atomic E-state index is 13.5. The van der Waals surface area contributed by atoms with Crippen LogP contribution in [0.1, 0.15) is 36.6 Å². The molecule has 2 aliphatic rings. The number of fused-ring (bicyclic) bond motifs is 3. The summed E-state index contributed by atoms with van der Waals surface area (Å²) < 4.78 is 7.49. The molecule has 0 atom stereocenters. The topological polar surface area (TPSA) is 67.7 Å². The smallest absolute Gasteiger partial charge is 0.263 e. The Hall–Kier alpha value is -2.87. The van der Waals surface area contributed by atoms with Crippen LogP contribution in [0.3, 0.4) is 0 Å². The highest BCUT2D eigenvalue weighted by Gasteiger charge is 2.27. The number of carbonyl (C=O) groups excluding carboxylic acids is 1. The predicted octanol–water partition coefficient (Wildman–Crippen LogP) is 3.47. The molecule has 1 aliphatic carbocycles. The van der Waals surface area contributed by atoms with Crippen molar-refractivity contribution in [3.05, 3.63) is 51.1 Å². The van der Waals surface area contributed by atoms with Gasteiger partial charge in [-0.25, -0.2) is 4.98 Å². The summed E-state index contributed by atoms with van der Waals surface area (Å²) in [5, 5.41) is 0.846. The van der Waals surface area contributed by atoms with Crippen LogP contribution in [0.5, 0.6) is 5.75 Å². The number of hydrogen-bond acceptors (Lipinski definition) is 6. The summed E-state index contributed by atoms with van der Waals surface area (Å²) in [5.41, 5.74) is 1.34. The van der Waals surface area contributed by atoms with Crippen LogP contribution in [0, 0.1) is 0 Å². The molecule has 33 heavy (non-hydrogen) atoms. The minimum Gasteiger partial charge on any atom is -0.484 e. The number of nitrogens with zero attached hydrogens (tertiary/aromatic N) is 4. The minimum atomic E-state index is -0.0150.